The summed E-state index contributed by atoms with van der Waals surface area (Å²) >= 11 is 0. The number of hydrogen-bond donors (Lipinski definition) is 1. The van der Waals surface area contributed by atoms with Gasteiger partial charge in [0.1, 0.15) is 11.4 Å². The summed E-state index contributed by atoms with van der Waals surface area (Å²) in [5.74, 6) is -0.257. The topological polar surface area (TPSA) is 84.3 Å². The van der Waals surface area contributed by atoms with Gasteiger partial charge in [0.15, 0.2) is 0 Å². The van der Waals surface area contributed by atoms with E-state index in [2.05, 4.69) is 10.4 Å². The van der Waals surface area contributed by atoms with Crippen molar-refractivity contribution in [3.63, 3.8) is 0 Å². The molecule has 0 saturated heterocycles. The molecule has 0 atom stereocenters. The molecule has 1 N–H and O–H groups in total. The number of aryl methyl sites for hydroxylation is 2. The maximum absolute atomic E-state index is 12.4. The second-order valence-corrected chi connectivity index (χ2v) is 8.14. The average molecular weight is 364 g/mol. The Labute approximate surface area is 148 Å². The van der Waals surface area contributed by atoms with E-state index < -0.39 is 10.0 Å². The van der Waals surface area contributed by atoms with Crippen molar-refractivity contribution in [1.82, 2.24) is 14.1 Å². The Balaban J connectivity index is 2.22. The van der Waals surface area contributed by atoms with Gasteiger partial charge >= 0.3 is 0 Å². The third-order valence-corrected chi connectivity index (χ3v) is 6.03. The van der Waals surface area contributed by atoms with E-state index in [1.165, 1.54) is 18.8 Å². The van der Waals surface area contributed by atoms with E-state index in [1.54, 1.807) is 13.8 Å². The Hall–Kier alpha value is -2.19. The summed E-state index contributed by atoms with van der Waals surface area (Å²) in [6.45, 7) is 5.28. The first kappa shape index (κ1) is 19.1. The highest BCUT2D eigenvalue weighted by Crippen LogP contribution is 2.22. The first-order valence-electron chi connectivity index (χ1n) is 8.02. The molecule has 0 aliphatic heterocycles. The van der Waals surface area contributed by atoms with Crippen molar-refractivity contribution < 1.29 is 13.2 Å². The first-order chi connectivity index (χ1) is 11.7. The summed E-state index contributed by atoms with van der Waals surface area (Å²) in [6, 6.07) is 7.62. The summed E-state index contributed by atoms with van der Waals surface area (Å²) < 4.78 is 27.4. The van der Waals surface area contributed by atoms with Gasteiger partial charge in [0.2, 0.25) is 15.9 Å². The fraction of sp³-hybridized carbons (Fsp3) is 0.412. The molecule has 1 heterocycles. The fourth-order valence-electron chi connectivity index (χ4n) is 2.60. The van der Waals surface area contributed by atoms with Crippen molar-refractivity contribution in [3.05, 3.63) is 41.2 Å². The van der Waals surface area contributed by atoms with Crippen LogP contribution in [0.2, 0.25) is 0 Å². The summed E-state index contributed by atoms with van der Waals surface area (Å²) in [6.07, 6.45) is 0.882. The molecule has 0 unspecified atom stereocenters. The predicted molar refractivity (Wildman–Crippen MR) is 97.0 cm³/mol. The van der Waals surface area contributed by atoms with Crippen LogP contribution in [0.4, 0.5) is 5.69 Å². The molecule has 0 aliphatic rings. The number of anilines is 1. The lowest BCUT2D eigenvalue weighted by Gasteiger charge is -2.12. The SMILES string of the molecule is CCc1cccc(NC(=O)Cn2nc(C)c(S(=O)(=O)N(C)C)c2C)c1. The number of sulfonamides is 1. The Morgan fingerprint density at radius 2 is 1.96 bits per heavy atom. The highest BCUT2D eigenvalue weighted by atomic mass is 32.2. The van der Waals surface area contributed by atoms with Crippen LogP contribution in [0.15, 0.2) is 29.2 Å². The van der Waals surface area contributed by atoms with Gasteiger partial charge in [0.05, 0.1) is 11.4 Å². The quantitative estimate of drug-likeness (QED) is 0.849. The van der Waals surface area contributed by atoms with Gasteiger partial charge in [-0.05, 0) is 38.0 Å². The summed E-state index contributed by atoms with van der Waals surface area (Å²) in [5.41, 5.74) is 2.67. The van der Waals surface area contributed by atoms with Crippen molar-refractivity contribution in [3.8, 4) is 0 Å². The number of rotatable bonds is 6. The lowest BCUT2D eigenvalue weighted by Crippen LogP contribution is -2.24. The summed E-state index contributed by atoms with van der Waals surface area (Å²) in [5, 5.41) is 7.05. The molecule has 0 bridgehead atoms. The number of carbonyl (C=O) groups is 1. The van der Waals surface area contributed by atoms with Crippen LogP contribution >= 0.6 is 0 Å². The van der Waals surface area contributed by atoms with E-state index >= 15 is 0 Å². The molecule has 0 fully saturated rings. The number of aromatic nitrogens is 2. The fourth-order valence-corrected chi connectivity index (χ4v) is 3.85. The van der Waals surface area contributed by atoms with Crippen LogP contribution in [0.5, 0.6) is 0 Å². The normalized spacial score (nSPS) is 11.8. The van der Waals surface area contributed by atoms with Crippen molar-refractivity contribution in [2.24, 2.45) is 0 Å². The summed E-state index contributed by atoms with van der Waals surface area (Å²) in [4.78, 5) is 12.5. The van der Waals surface area contributed by atoms with Gasteiger partial charge in [-0.15, -0.1) is 0 Å². The van der Waals surface area contributed by atoms with E-state index in [-0.39, 0.29) is 17.3 Å². The number of benzene rings is 1. The van der Waals surface area contributed by atoms with E-state index in [9.17, 15) is 13.2 Å². The third kappa shape index (κ3) is 4.08. The third-order valence-electron chi connectivity index (χ3n) is 3.97. The van der Waals surface area contributed by atoms with Crippen molar-refractivity contribution in [2.75, 3.05) is 19.4 Å². The molecule has 7 nitrogen and oxygen atoms in total. The van der Waals surface area contributed by atoms with Crippen molar-refractivity contribution >= 4 is 21.6 Å². The largest absolute Gasteiger partial charge is 0.324 e. The molecule has 136 valence electrons. The molecule has 2 rings (SSSR count). The molecule has 25 heavy (non-hydrogen) atoms. The maximum atomic E-state index is 12.4. The van der Waals surface area contributed by atoms with Gasteiger partial charge in [-0.3, -0.25) is 9.48 Å². The highest BCUT2D eigenvalue weighted by Gasteiger charge is 2.27. The Morgan fingerprint density at radius 1 is 1.28 bits per heavy atom. The minimum absolute atomic E-state index is 0.0496. The highest BCUT2D eigenvalue weighted by molar-refractivity contribution is 7.89. The van der Waals surface area contributed by atoms with Crippen LogP contribution < -0.4 is 5.32 Å². The molecule has 2 aromatic rings. The van der Waals surface area contributed by atoms with Crippen molar-refractivity contribution in [1.29, 1.82) is 0 Å². The molecule has 0 saturated carbocycles. The molecule has 0 radical (unpaired) electrons. The lowest BCUT2D eigenvalue weighted by atomic mass is 10.1. The number of carbonyl (C=O) groups excluding carboxylic acids is 1. The smallest absolute Gasteiger partial charge is 0.246 e. The molecule has 0 aliphatic carbocycles. The molecule has 0 spiro atoms. The monoisotopic (exact) mass is 364 g/mol. The number of nitrogens with zero attached hydrogens (tertiary/aromatic N) is 3. The lowest BCUT2D eigenvalue weighted by molar-refractivity contribution is -0.116. The van der Waals surface area contributed by atoms with E-state index in [1.807, 2.05) is 31.2 Å². The minimum Gasteiger partial charge on any atom is -0.324 e. The van der Waals surface area contributed by atoms with Gasteiger partial charge < -0.3 is 5.32 Å². The predicted octanol–water partition coefficient (Wildman–Crippen LogP) is 1.95. The van der Waals surface area contributed by atoms with Gasteiger partial charge in [-0.2, -0.15) is 5.10 Å². The average Bonchev–Trinajstić information content (AvgIpc) is 2.81. The van der Waals surface area contributed by atoms with Gasteiger partial charge in [-0.1, -0.05) is 19.1 Å². The Morgan fingerprint density at radius 3 is 2.56 bits per heavy atom. The Bertz CT molecular complexity index is 885. The molecule has 8 heteroatoms. The van der Waals surface area contributed by atoms with E-state index in [0.29, 0.717) is 17.1 Å². The van der Waals surface area contributed by atoms with Gasteiger partial charge in [-0.25, -0.2) is 12.7 Å². The molecule has 1 aromatic heterocycles. The zero-order chi connectivity index (χ0) is 18.8. The van der Waals surface area contributed by atoms with E-state index in [0.717, 1.165) is 16.3 Å². The van der Waals surface area contributed by atoms with Crippen LogP contribution in [0.25, 0.3) is 0 Å². The number of hydrogen-bond acceptors (Lipinski definition) is 4. The number of amides is 1. The second-order valence-electron chi connectivity index (χ2n) is 6.05. The van der Waals surface area contributed by atoms with Crippen LogP contribution in [-0.4, -0.2) is 42.5 Å². The standard InChI is InChI=1S/C17H24N4O3S/c1-6-14-8-7-9-15(10-14)18-16(22)11-21-13(3)17(12(2)19-21)25(23,24)20(4)5/h7-10H,6,11H2,1-5H3,(H,18,22). The molecular formula is C17H24N4O3S. The zero-order valence-electron chi connectivity index (χ0n) is 15.2. The van der Waals surface area contributed by atoms with Crippen LogP contribution in [0, 0.1) is 13.8 Å². The molecular weight excluding hydrogens is 340 g/mol. The first-order valence-corrected chi connectivity index (χ1v) is 9.46. The number of nitrogens with one attached hydrogen (secondary N) is 1. The van der Waals surface area contributed by atoms with Crippen LogP contribution in [-0.2, 0) is 27.8 Å². The molecule has 1 amide bonds. The van der Waals surface area contributed by atoms with Gasteiger partial charge in [0, 0.05) is 19.8 Å². The van der Waals surface area contributed by atoms with Crippen LogP contribution in [0.3, 0.4) is 0 Å². The zero-order valence-corrected chi connectivity index (χ0v) is 16.0. The second kappa shape index (κ2) is 7.37. The van der Waals surface area contributed by atoms with Crippen LogP contribution in [0.1, 0.15) is 23.9 Å². The molecule has 1 aromatic carbocycles. The van der Waals surface area contributed by atoms with E-state index in [4.69, 9.17) is 0 Å². The minimum atomic E-state index is -3.60. The Kier molecular flexibility index (Phi) is 5.64. The summed E-state index contributed by atoms with van der Waals surface area (Å²) in [7, 11) is -0.660. The van der Waals surface area contributed by atoms with Gasteiger partial charge in [0.25, 0.3) is 0 Å². The van der Waals surface area contributed by atoms with Crippen molar-refractivity contribution in [2.45, 2.75) is 38.6 Å². The maximum Gasteiger partial charge on any atom is 0.246 e.